The van der Waals surface area contributed by atoms with Gasteiger partial charge in [0.05, 0.1) is 5.92 Å². The highest BCUT2D eigenvalue weighted by atomic mass is 79.9. The van der Waals surface area contributed by atoms with Crippen molar-refractivity contribution < 1.29 is 24.2 Å². The molecule has 0 saturated heterocycles. The van der Waals surface area contributed by atoms with Crippen molar-refractivity contribution in [1.82, 2.24) is 5.32 Å². The summed E-state index contributed by atoms with van der Waals surface area (Å²) in [6.07, 6.45) is 3.15. The molecule has 2 rings (SSSR count). The smallest absolute Gasteiger partial charge is 0.407 e. The Morgan fingerprint density at radius 2 is 1.84 bits per heavy atom. The van der Waals surface area contributed by atoms with Crippen molar-refractivity contribution in [3.8, 4) is 0 Å². The van der Waals surface area contributed by atoms with Crippen LogP contribution in [-0.4, -0.2) is 35.1 Å². The second kappa shape index (κ2) is 11.1. The fraction of sp³-hybridized carbons (Fsp3) is 0.625. The van der Waals surface area contributed by atoms with Crippen molar-refractivity contribution in [2.75, 3.05) is 6.54 Å². The Labute approximate surface area is 193 Å². The second-order valence-electron chi connectivity index (χ2n) is 9.59. The number of halogens is 1. The molecule has 172 valence electrons. The van der Waals surface area contributed by atoms with Gasteiger partial charge in [-0.1, -0.05) is 28.1 Å². The molecule has 0 unspecified atom stereocenters. The first-order valence-corrected chi connectivity index (χ1v) is 11.7. The number of aryl methyl sites for hydroxylation is 1. The molecule has 0 aliphatic heterocycles. The standard InChI is InChI=1S/C24H34BrNO5/c1-15-5-6-17(12-20(15)25)11-19(22(28)29)13-21(27)18-9-7-16(8-10-18)14-26-23(30)31-24(2,3)4/h5-6,12,16,18-19H,7-11,13-14H2,1-4H3,(H,26,30)(H,28,29)/t16?,18?,19-/m1/s1. The molecule has 1 aliphatic rings. The number of nitrogens with one attached hydrogen (secondary N) is 1. The van der Waals surface area contributed by atoms with Gasteiger partial charge in [-0.15, -0.1) is 0 Å². The average Bonchev–Trinajstić information content (AvgIpc) is 2.67. The lowest BCUT2D eigenvalue weighted by molar-refractivity contribution is -0.144. The minimum absolute atomic E-state index is 0.0390. The van der Waals surface area contributed by atoms with Gasteiger partial charge < -0.3 is 15.2 Å². The maximum atomic E-state index is 12.8. The van der Waals surface area contributed by atoms with E-state index in [9.17, 15) is 19.5 Å². The van der Waals surface area contributed by atoms with Gasteiger partial charge in [-0.25, -0.2) is 4.79 Å². The molecule has 1 saturated carbocycles. The van der Waals surface area contributed by atoms with E-state index >= 15 is 0 Å². The number of ether oxygens (including phenoxy) is 1. The van der Waals surface area contributed by atoms with Crippen molar-refractivity contribution in [2.24, 2.45) is 17.8 Å². The fourth-order valence-electron chi connectivity index (χ4n) is 3.93. The number of hydrogen-bond donors (Lipinski definition) is 2. The van der Waals surface area contributed by atoms with Gasteiger partial charge in [0.2, 0.25) is 0 Å². The Balaban J connectivity index is 1.81. The number of alkyl carbamates (subject to hydrolysis) is 1. The molecule has 1 aliphatic carbocycles. The number of ketones is 1. The summed E-state index contributed by atoms with van der Waals surface area (Å²) in [4.78, 5) is 36.4. The topological polar surface area (TPSA) is 92.7 Å². The molecule has 1 atom stereocenters. The molecule has 0 bridgehead atoms. The number of amides is 1. The van der Waals surface area contributed by atoms with Crippen LogP contribution in [0.1, 0.15) is 64.0 Å². The lowest BCUT2D eigenvalue weighted by Gasteiger charge is -2.29. The molecule has 2 N–H and O–H groups in total. The number of aliphatic carboxylic acids is 1. The zero-order valence-electron chi connectivity index (χ0n) is 18.9. The van der Waals surface area contributed by atoms with Crippen LogP contribution in [0.15, 0.2) is 22.7 Å². The highest BCUT2D eigenvalue weighted by molar-refractivity contribution is 9.10. The van der Waals surface area contributed by atoms with Crippen LogP contribution in [0.5, 0.6) is 0 Å². The molecule has 6 nitrogen and oxygen atoms in total. The molecule has 0 radical (unpaired) electrons. The van der Waals surface area contributed by atoms with Crippen LogP contribution in [0, 0.1) is 24.7 Å². The monoisotopic (exact) mass is 495 g/mol. The highest BCUT2D eigenvalue weighted by Crippen LogP contribution is 2.31. The summed E-state index contributed by atoms with van der Waals surface area (Å²) in [7, 11) is 0. The van der Waals surface area contributed by atoms with E-state index < -0.39 is 23.6 Å². The van der Waals surface area contributed by atoms with Crippen molar-refractivity contribution in [1.29, 1.82) is 0 Å². The first kappa shape index (κ1) is 25.4. The van der Waals surface area contributed by atoms with Gasteiger partial charge in [-0.05, 0) is 82.9 Å². The third kappa shape index (κ3) is 8.63. The summed E-state index contributed by atoms with van der Waals surface area (Å²) in [5.41, 5.74) is 1.47. The summed E-state index contributed by atoms with van der Waals surface area (Å²) in [5, 5.41) is 12.4. The third-order valence-electron chi connectivity index (χ3n) is 5.75. The lowest BCUT2D eigenvalue weighted by Crippen LogP contribution is -2.36. The van der Waals surface area contributed by atoms with Gasteiger partial charge in [0.25, 0.3) is 0 Å². The van der Waals surface area contributed by atoms with Gasteiger partial charge >= 0.3 is 12.1 Å². The molecular weight excluding hydrogens is 462 g/mol. The van der Waals surface area contributed by atoms with Crippen molar-refractivity contribution in [3.05, 3.63) is 33.8 Å². The molecule has 1 fully saturated rings. The van der Waals surface area contributed by atoms with E-state index in [4.69, 9.17) is 4.74 Å². The third-order valence-corrected chi connectivity index (χ3v) is 6.61. The van der Waals surface area contributed by atoms with Gasteiger partial charge in [0.1, 0.15) is 11.4 Å². The number of carbonyl (C=O) groups is 3. The van der Waals surface area contributed by atoms with Crippen molar-refractivity contribution in [2.45, 2.75) is 71.8 Å². The number of Topliss-reactive ketones (excluding diaryl/α,β-unsaturated/α-hetero) is 1. The number of carboxylic acid groups (broad SMARTS) is 1. The van der Waals surface area contributed by atoms with E-state index in [0.717, 1.165) is 41.3 Å². The Morgan fingerprint density at radius 1 is 1.19 bits per heavy atom. The number of carbonyl (C=O) groups excluding carboxylic acids is 2. The minimum Gasteiger partial charge on any atom is -0.481 e. The molecule has 31 heavy (non-hydrogen) atoms. The molecule has 0 heterocycles. The predicted octanol–water partition coefficient (Wildman–Crippen LogP) is 5.29. The summed E-state index contributed by atoms with van der Waals surface area (Å²) in [6.45, 7) is 7.99. The molecule has 1 amide bonds. The maximum absolute atomic E-state index is 12.8. The average molecular weight is 496 g/mol. The van der Waals surface area contributed by atoms with Crippen molar-refractivity contribution in [3.63, 3.8) is 0 Å². The number of rotatable bonds is 8. The number of hydrogen-bond acceptors (Lipinski definition) is 4. The largest absolute Gasteiger partial charge is 0.481 e. The van der Waals surface area contributed by atoms with Crippen LogP contribution in [0.2, 0.25) is 0 Å². The Morgan fingerprint density at radius 3 is 2.39 bits per heavy atom. The van der Waals surface area contributed by atoms with Gasteiger partial charge in [-0.2, -0.15) is 0 Å². The number of benzene rings is 1. The lowest BCUT2D eigenvalue weighted by atomic mass is 9.78. The number of carboxylic acids is 1. The fourth-order valence-corrected chi connectivity index (χ4v) is 4.36. The summed E-state index contributed by atoms with van der Waals surface area (Å²) >= 11 is 3.48. The Bertz CT molecular complexity index is 794. The highest BCUT2D eigenvalue weighted by Gasteiger charge is 2.30. The summed E-state index contributed by atoms with van der Waals surface area (Å²) in [5.74, 6) is -1.38. The predicted molar refractivity (Wildman–Crippen MR) is 123 cm³/mol. The van der Waals surface area contributed by atoms with E-state index in [1.165, 1.54) is 0 Å². The molecular formula is C24H34BrNO5. The van der Waals surface area contributed by atoms with Crippen LogP contribution in [-0.2, 0) is 20.7 Å². The molecule has 0 aromatic heterocycles. The van der Waals surface area contributed by atoms with Gasteiger partial charge in [-0.3, -0.25) is 9.59 Å². The van der Waals surface area contributed by atoms with Crippen LogP contribution < -0.4 is 5.32 Å². The zero-order chi connectivity index (χ0) is 23.2. The SMILES string of the molecule is Cc1ccc(C[C@H](CC(=O)C2CCC(CNC(=O)OC(C)(C)C)CC2)C(=O)O)cc1Br. The molecule has 1 aromatic rings. The molecule has 0 spiro atoms. The molecule has 7 heteroatoms. The van der Waals surface area contributed by atoms with Crippen LogP contribution in [0.4, 0.5) is 4.79 Å². The van der Waals surface area contributed by atoms with E-state index in [-0.39, 0.29) is 18.1 Å². The van der Waals surface area contributed by atoms with Gasteiger partial charge in [0.15, 0.2) is 0 Å². The van der Waals surface area contributed by atoms with Crippen LogP contribution in [0.25, 0.3) is 0 Å². The quantitative estimate of drug-likeness (QED) is 0.510. The Hall–Kier alpha value is -1.89. The van der Waals surface area contributed by atoms with Gasteiger partial charge in [0, 0.05) is 23.4 Å². The normalized spacial score (nSPS) is 20.0. The maximum Gasteiger partial charge on any atom is 0.407 e. The summed E-state index contributed by atoms with van der Waals surface area (Å²) < 4.78 is 6.20. The van der Waals surface area contributed by atoms with E-state index in [1.807, 2.05) is 45.9 Å². The minimum atomic E-state index is -0.930. The van der Waals surface area contributed by atoms with E-state index in [1.54, 1.807) is 0 Å². The first-order valence-electron chi connectivity index (χ1n) is 10.9. The second-order valence-corrected chi connectivity index (χ2v) is 10.4. The Kier molecular flexibility index (Phi) is 9.10. The molecule has 1 aromatic carbocycles. The van der Waals surface area contributed by atoms with Crippen LogP contribution >= 0.6 is 15.9 Å². The first-order chi connectivity index (χ1) is 14.4. The van der Waals surface area contributed by atoms with E-state index in [0.29, 0.717) is 18.9 Å². The zero-order valence-corrected chi connectivity index (χ0v) is 20.5. The van der Waals surface area contributed by atoms with E-state index in [2.05, 4.69) is 21.2 Å². The summed E-state index contributed by atoms with van der Waals surface area (Å²) in [6, 6.07) is 5.80. The van der Waals surface area contributed by atoms with Crippen molar-refractivity contribution >= 4 is 33.8 Å². The van der Waals surface area contributed by atoms with Crippen LogP contribution in [0.3, 0.4) is 0 Å².